The van der Waals surface area contributed by atoms with Gasteiger partial charge in [0.1, 0.15) is 0 Å². The molecule has 0 aromatic heterocycles. The number of nitrogens with one attached hydrogen (secondary N) is 3. The van der Waals surface area contributed by atoms with Gasteiger partial charge >= 0.3 is 0 Å². The quantitative estimate of drug-likeness (QED) is 0.711. The lowest BCUT2D eigenvalue weighted by Gasteiger charge is -2.28. The van der Waals surface area contributed by atoms with E-state index >= 15 is 0 Å². The smallest absolute Gasteiger partial charge is 0.242 e. The van der Waals surface area contributed by atoms with Crippen LogP contribution in [0.4, 0.5) is 5.69 Å². The molecule has 17 heavy (non-hydrogen) atoms. The Bertz CT molecular complexity index is 397. The molecule has 1 aromatic rings. The molecule has 4 heteroatoms. The summed E-state index contributed by atoms with van der Waals surface area (Å²) >= 11 is 0. The lowest BCUT2D eigenvalue weighted by atomic mass is 10.1. The third-order valence-corrected chi connectivity index (χ3v) is 3.06. The zero-order valence-electron chi connectivity index (χ0n) is 10.3. The SMILES string of the molecule is Cc1ccccc1NC(=O)C1CNC(C)CN1. The molecule has 1 amide bonds. The van der Waals surface area contributed by atoms with E-state index in [4.69, 9.17) is 0 Å². The van der Waals surface area contributed by atoms with Gasteiger partial charge in [-0.2, -0.15) is 0 Å². The van der Waals surface area contributed by atoms with E-state index in [-0.39, 0.29) is 11.9 Å². The molecule has 2 atom stereocenters. The van der Waals surface area contributed by atoms with E-state index in [0.29, 0.717) is 12.6 Å². The molecule has 3 N–H and O–H groups in total. The first-order valence-electron chi connectivity index (χ1n) is 6.00. The first-order valence-corrected chi connectivity index (χ1v) is 6.00. The van der Waals surface area contributed by atoms with Crippen molar-refractivity contribution in [3.05, 3.63) is 29.8 Å². The Morgan fingerprint density at radius 1 is 1.29 bits per heavy atom. The summed E-state index contributed by atoms with van der Waals surface area (Å²) in [5.74, 6) is 0.0266. The largest absolute Gasteiger partial charge is 0.324 e. The zero-order chi connectivity index (χ0) is 12.3. The van der Waals surface area contributed by atoms with Crippen LogP contribution < -0.4 is 16.0 Å². The van der Waals surface area contributed by atoms with Gasteiger partial charge in [-0.25, -0.2) is 0 Å². The van der Waals surface area contributed by atoms with Crippen LogP contribution >= 0.6 is 0 Å². The molecule has 0 radical (unpaired) electrons. The first kappa shape index (κ1) is 12.1. The average Bonchev–Trinajstić information content (AvgIpc) is 2.33. The average molecular weight is 233 g/mol. The zero-order valence-corrected chi connectivity index (χ0v) is 10.3. The molecule has 4 nitrogen and oxygen atoms in total. The fraction of sp³-hybridized carbons (Fsp3) is 0.462. The molecular formula is C13H19N3O. The Morgan fingerprint density at radius 3 is 2.71 bits per heavy atom. The van der Waals surface area contributed by atoms with Crippen molar-refractivity contribution in [2.24, 2.45) is 0 Å². The maximum atomic E-state index is 12.0. The second-order valence-corrected chi connectivity index (χ2v) is 4.57. The highest BCUT2D eigenvalue weighted by Gasteiger charge is 2.23. The van der Waals surface area contributed by atoms with Crippen molar-refractivity contribution >= 4 is 11.6 Å². The molecule has 0 aliphatic carbocycles. The summed E-state index contributed by atoms with van der Waals surface area (Å²) in [7, 11) is 0. The van der Waals surface area contributed by atoms with E-state index in [1.807, 2.05) is 31.2 Å². The molecule has 1 aliphatic rings. The van der Waals surface area contributed by atoms with Gasteiger partial charge in [0.2, 0.25) is 5.91 Å². The third kappa shape index (κ3) is 3.05. The van der Waals surface area contributed by atoms with Crippen LogP contribution in [0, 0.1) is 6.92 Å². The summed E-state index contributed by atoms with van der Waals surface area (Å²) < 4.78 is 0. The molecule has 92 valence electrons. The van der Waals surface area contributed by atoms with E-state index in [2.05, 4.69) is 22.9 Å². The number of carbonyl (C=O) groups is 1. The number of piperazine rings is 1. The number of amides is 1. The number of aryl methyl sites for hydroxylation is 1. The van der Waals surface area contributed by atoms with Gasteiger partial charge < -0.3 is 16.0 Å². The van der Waals surface area contributed by atoms with E-state index in [1.54, 1.807) is 0 Å². The molecule has 1 aromatic carbocycles. The van der Waals surface area contributed by atoms with Gasteiger partial charge in [0, 0.05) is 24.8 Å². The minimum atomic E-state index is -0.147. The Hall–Kier alpha value is -1.39. The maximum Gasteiger partial charge on any atom is 0.242 e. The lowest BCUT2D eigenvalue weighted by Crippen LogP contribution is -2.57. The minimum absolute atomic E-state index is 0.0266. The standard InChI is InChI=1S/C13H19N3O/c1-9-5-3-4-6-11(9)16-13(17)12-8-14-10(2)7-15-12/h3-6,10,12,14-15H,7-8H2,1-2H3,(H,16,17). The summed E-state index contributed by atoms with van der Waals surface area (Å²) in [5, 5.41) is 9.48. The fourth-order valence-corrected chi connectivity index (χ4v) is 1.90. The number of anilines is 1. The highest BCUT2D eigenvalue weighted by atomic mass is 16.2. The van der Waals surface area contributed by atoms with Gasteiger partial charge in [0.25, 0.3) is 0 Å². The van der Waals surface area contributed by atoms with Gasteiger partial charge in [-0.3, -0.25) is 4.79 Å². The Kier molecular flexibility index (Phi) is 3.76. The summed E-state index contributed by atoms with van der Waals surface area (Å²) in [6.07, 6.45) is 0. The fourth-order valence-electron chi connectivity index (χ4n) is 1.90. The molecule has 1 fully saturated rings. The van der Waals surface area contributed by atoms with Gasteiger partial charge in [0.05, 0.1) is 6.04 Å². The topological polar surface area (TPSA) is 53.2 Å². The molecule has 0 spiro atoms. The van der Waals surface area contributed by atoms with E-state index in [9.17, 15) is 4.79 Å². The second kappa shape index (κ2) is 5.29. The number of rotatable bonds is 2. The van der Waals surface area contributed by atoms with Crippen LogP contribution in [0.25, 0.3) is 0 Å². The number of hydrogen-bond donors (Lipinski definition) is 3. The van der Waals surface area contributed by atoms with Gasteiger partial charge in [0.15, 0.2) is 0 Å². The van der Waals surface area contributed by atoms with E-state index < -0.39 is 0 Å². The van der Waals surface area contributed by atoms with Crippen molar-refractivity contribution in [2.45, 2.75) is 25.9 Å². The molecule has 1 saturated heterocycles. The van der Waals surface area contributed by atoms with Crippen LogP contribution in [0.1, 0.15) is 12.5 Å². The highest BCUT2D eigenvalue weighted by molar-refractivity contribution is 5.95. The van der Waals surface area contributed by atoms with Gasteiger partial charge in [-0.05, 0) is 25.5 Å². The van der Waals surface area contributed by atoms with Crippen LogP contribution in [0.15, 0.2) is 24.3 Å². The van der Waals surface area contributed by atoms with Crippen LogP contribution in [-0.4, -0.2) is 31.1 Å². The summed E-state index contributed by atoms with van der Waals surface area (Å²) in [4.78, 5) is 12.0. The van der Waals surface area contributed by atoms with Gasteiger partial charge in [-0.1, -0.05) is 18.2 Å². The van der Waals surface area contributed by atoms with Crippen molar-refractivity contribution in [2.75, 3.05) is 18.4 Å². The van der Waals surface area contributed by atoms with Crippen molar-refractivity contribution in [3.8, 4) is 0 Å². The molecule has 1 aliphatic heterocycles. The van der Waals surface area contributed by atoms with Crippen LogP contribution in [0.5, 0.6) is 0 Å². The van der Waals surface area contributed by atoms with Crippen molar-refractivity contribution in [1.82, 2.24) is 10.6 Å². The number of hydrogen-bond acceptors (Lipinski definition) is 3. The molecule has 2 unspecified atom stereocenters. The normalized spacial score (nSPS) is 24.4. The van der Waals surface area contributed by atoms with Crippen LogP contribution in [0.3, 0.4) is 0 Å². The predicted molar refractivity (Wildman–Crippen MR) is 69.1 cm³/mol. The van der Waals surface area contributed by atoms with E-state index in [1.165, 1.54) is 0 Å². The second-order valence-electron chi connectivity index (χ2n) is 4.57. The third-order valence-electron chi connectivity index (χ3n) is 3.06. The summed E-state index contributed by atoms with van der Waals surface area (Å²) in [6.45, 7) is 5.59. The number of para-hydroxylation sites is 1. The predicted octanol–water partition coefficient (Wildman–Crippen LogP) is 0.883. The number of carbonyl (C=O) groups excluding carboxylic acids is 1. The first-order chi connectivity index (χ1) is 8.16. The monoisotopic (exact) mass is 233 g/mol. The number of benzene rings is 1. The van der Waals surface area contributed by atoms with Crippen molar-refractivity contribution < 1.29 is 4.79 Å². The molecule has 1 heterocycles. The molecule has 2 rings (SSSR count). The maximum absolute atomic E-state index is 12.0. The lowest BCUT2D eigenvalue weighted by molar-refractivity contribution is -0.118. The molecular weight excluding hydrogens is 214 g/mol. The molecule has 0 bridgehead atoms. The van der Waals surface area contributed by atoms with Crippen molar-refractivity contribution in [3.63, 3.8) is 0 Å². The summed E-state index contributed by atoms with van der Waals surface area (Å²) in [5.41, 5.74) is 1.97. The Labute approximate surface area is 102 Å². The minimum Gasteiger partial charge on any atom is -0.324 e. The van der Waals surface area contributed by atoms with Crippen molar-refractivity contribution in [1.29, 1.82) is 0 Å². The summed E-state index contributed by atoms with van der Waals surface area (Å²) in [6, 6.07) is 8.09. The highest BCUT2D eigenvalue weighted by Crippen LogP contribution is 2.13. The molecule has 0 saturated carbocycles. The van der Waals surface area contributed by atoms with E-state index in [0.717, 1.165) is 17.8 Å². The Balaban J connectivity index is 1.95. The Morgan fingerprint density at radius 2 is 2.06 bits per heavy atom. The van der Waals surface area contributed by atoms with Gasteiger partial charge in [-0.15, -0.1) is 0 Å². The van der Waals surface area contributed by atoms with Crippen LogP contribution in [0.2, 0.25) is 0 Å². The van der Waals surface area contributed by atoms with Crippen LogP contribution in [-0.2, 0) is 4.79 Å².